The molecule has 0 aliphatic carbocycles. The van der Waals surface area contributed by atoms with E-state index in [2.05, 4.69) is 15.3 Å². The lowest BCUT2D eigenvalue weighted by Gasteiger charge is -2.29. The van der Waals surface area contributed by atoms with Crippen molar-refractivity contribution < 1.29 is 10.2 Å². The number of aromatic hydroxyl groups is 2. The van der Waals surface area contributed by atoms with Crippen molar-refractivity contribution >= 4 is 17.6 Å². The second-order valence-electron chi connectivity index (χ2n) is 4.79. The zero-order chi connectivity index (χ0) is 14.9. The Hall–Kier alpha value is -2.44. The Balaban J connectivity index is 2.25. The number of guanidine groups is 2. The van der Waals surface area contributed by atoms with Crippen molar-refractivity contribution in [3.05, 3.63) is 18.2 Å². The molecule has 3 N–H and O–H groups in total. The van der Waals surface area contributed by atoms with Crippen LogP contribution in [-0.2, 0) is 0 Å². The SMILES string of the molecule is CC1N=C(N(C)C)NC(N(C)c2ccc(O)c(O)c2)=N1. The van der Waals surface area contributed by atoms with Gasteiger partial charge in [-0.3, -0.25) is 5.32 Å². The van der Waals surface area contributed by atoms with E-state index >= 15 is 0 Å². The fourth-order valence-corrected chi connectivity index (χ4v) is 1.79. The van der Waals surface area contributed by atoms with Gasteiger partial charge in [-0.1, -0.05) is 0 Å². The smallest absolute Gasteiger partial charge is 0.207 e. The molecule has 1 aromatic rings. The number of phenolic OH excluding ortho intramolecular Hbond substituents is 2. The number of aliphatic imine (C=N–C) groups is 2. The summed E-state index contributed by atoms with van der Waals surface area (Å²) in [5, 5.41) is 22.0. The van der Waals surface area contributed by atoms with E-state index in [9.17, 15) is 10.2 Å². The number of hydrogen-bond donors (Lipinski definition) is 3. The Morgan fingerprint density at radius 1 is 1.05 bits per heavy atom. The number of phenols is 2. The first-order valence-electron chi connectivity index (χ1n) is 6.24. The molecule has 0 aromatic heterocycles. The van der Waals surface area contributed by atoms with Crippen molar-refractivity contribution in [3.8, 4) is 11.5 Å². The molecule has 1 atom stereocenters. The summed E-state index contributed by atoms with van der Waals surface area (Å²) in [6, 6.07) is 4.62. The van der Waals surface area contributed by atoms with Gasteiger partial charge < -0.3 is 20.0 Å². The van der Waals surface area contributed by atoms with Gasteiger partial charge in [-0.25, -0.2) is 9.98 Å². The largest absolute Gasteiger partial charge is 0.504 e. The lowest BCUT2D eigenvalue weighted by Crippen LogP contribution is -2.50. The number of nitrogens with one attached hydrogen (secondary N) is 1. The molecule has 0 saturated carbocycles. The van der Waals surface area contributed by atoms with E-state index in [-0.39, 0.29) is 17.7 Å². The molecule has 7 heteroatoms. The van der Waals surface area contributed by atoms with Gasteiger partial charge in [0.05, 0.1) is 0 Å². The molecule has 2 rings (SSSR count). The topological polar surface area (TPSA) is 83.7 Å². The van der Waals surface area contributed by atoms with Crippen LogP contribution in [-0.4, -0.2) is 54.3 Å². The van der Waals surface area contributed by atoms with Crippen molar-refractivity contribution in [2.75, 3.05) is 26.0 Å². The Kier molecular flexibility index (Phi) is 3.69. The van der Waals surface area contributed by atoms with Crippen LogP contribution in [0.15, 0.2) is 28.2 Å². The highest BCUT2D eigenvalue weighted by atomic mass is 16.3. The third-order valence-electron chi connectivity index (χ3n) is 2.93. The monoisotopic (exact) mass is 277 g/mol. The molecule has 0 saturated heterocycles. The number of anilines is 1. The molecular weight excluding hydrogens is 258 g/mol. The highest BCUT2D eigenvalue weighted by Gasteiger charge is 2.19. The maximum atomic E-state index is 9.57. The van der Waals surface area contributed by atoms with Crippen LogP contribution in [0.1, 0.15) is 6.92 Å². The molecule has 0 spiro atoms. The van der Waals surface area contributed by atoms with E-state index in [1.165, 1.54) is 12.1 Å². The summed E-state index contributed by atoms with van der Waals surface area (Å²) in [5.41, 5.74) is 0.707. The van der Waals surface area contributed by atoms with Gasteiger partial charge in [0, 0.05) is 32.9 Å². The van der Waals surface area contributed by atoms with Crippen LogP contribution in [0.2, 0.25) is 0 Å². The highest BCUT2D eigenvalue weighted by molar-refractivity contribution is 6.07. The Bertz CT molecular complexity index is 568. The normalized spacial score (nSPS) is 17.9. The lowest BCUT2D eigenvalue weighted by molar-refractivity contribution is 0.404. The van der Waals surface area contributed by atoms with Crippen LogP contribution >= 0.6 is 0 Å². The minimum atomic E-state index is -0.184. The fraction of sp³-hybridized carbons (Fsp3) is 0.385. The van der Waals surface area contributed by atoms with Crippen LogP contribution in [0.5, 0.6) is 11.5 Å². The van der Waals surface area contributed by atoms with Crippen LogP contribution < -0.4 is 10.2 Å². The molecule has 0 radical (unpaired) electrons. The summed E-state index contributed by atoms with van der Waals surface area (Å²) in [5.74, 6) is 1.03. The zero-order valence-electron chi connectivity index (χ0n) is 12.0. The first-order valence-corrected chi connectivity index (χ1v) is 6.24. The van der Waals surface area contributed by atoms with Crippen molar-refractivity contribution in [3.63, 3.8) is 0 Å². The summed E-state index contributed by atoms with van der Waals surface area (Å²) < 4.78 is 0. The zero-order valence-corrected chi connectivity index (χ0v) is 12.0. The predicted molar refractivity (Wildman–Crippen MR) is 79.3 cm³/mol. The third kappa shape index (κ3) is 2.76. The van der Waals surface area contributed by atoms with Gasteiger partial charge in [0.25, 0.3) is 0 Å². The number of nitrogens with zero attached hydrogens (tertiary/aromatic N) is 4. The van der Waals surface area contributed by atoms with Crippen LogP contribution in [0.25, 0.3) is 0 Å². The Labute approximate surface area is 117 Å². The summed E-state index contributed by atoms with van der Waals surface area (Å²) in [6.45, 7) is 1.90. The van der Waals surface area contributed by atoms with Crippen LogP contribution in [0, 0.1) is 0 Å². The molecule has 1 aromatic carbocycles. The number of rotatable bonds is 1. The van der Waals surface area contributed by atoms with Gasteiger partial charge in [0.15, 0.2) is 11.5 Å². The van der Waals surface area contributed by atoms with Crippen LogP contribution in [0.3, 0.4) is 0 Å². The maximum absolute atomic E-state index is 9.57. The average molecular weight is 277 g/mol. The fourth-order valence-electron chi connectivity index (χ4n) is 1.79. The van der Waals surface area contributed by atoms with Crippen molar-refractivity contribution in [1.29, 1.82) is 0 Å². The molecule has 1 heterocycles. The second kappa shape index (κ2) is 5.28. The van der Waals surface area contributed by atoms with E-state index in [1.807, 2.05) is 33.0 Å². The van der Waals surface area contributed by atoms with Crippen LogP contribution in [0.4, 0.5) is 5.69 Å². The van der Waals surface area contributed by atoms with Crippen molar-refractivity contribution in [2.45, 2.75) is 13.1 Å². The van der Waals surface area contributed by atoms with Crippen molar-refractivity contribution in [1.82, 2.24) is 10.2 Å². The first-order chi connectivity index (χ1) is 9.38. The predicted octanol–water partition coefficient (Wildman–Crippen LogP) is 0.757. The molecule has 20 heavy (non-hydrogen) atoms. The van der Waals surface area contributed by atoms with E-state index in [0.717, 1.165) is 5.96 Å². The van der Waals surface area contributed by atoms with E-state index < -0.39 is 0 Å². The molecular formula is C13H19N5O2. The molecule has 0 bridgehead atoms. The standard InChI is InChI=1S/C13H19N5O2/c1-8-14-12(17(2)3)16-13(15-8)18(4)9-5-6-10(19)11(20)7-9/h5-8,19-20H,1-4H3,(H,14,15,16). The van der Waals surface area contributed by atoms with Gasteiger partial charge in [-0.2, -0.15) is 0 Å². The minimum absolute atomic E-state index is 0.149. The van der Waals surface area contributed by atoms with Gasteiger partial charge in [0.2, 0.25) is 11.9 Å². The summed E-state index contributed by atoms with van der Waals surface area (Å²) >= 11 is 0. The molecule has 7 nitrogen and oxygen atoms in total. The molecule has 108 valence electrons. The quantitative estimate of drug-likeness (QED) is 0.660. The Morgan fingerprint density at radius 2 is 1.70 bits per heavy atom. The van der Waals surface area contributed by atoms with Crippen molar-refractivity contribution in [2.24, 2.45) is 9.98 Å². The number of hydrogen-bond acceptors (Lipinski definition) is 7. The molecule has 0 amide bonds. The summed E-state index contributed by atoms with van der Waals surface area (Å²) in [7, 11) is 5.62. The van der Waals surface area contributed by atoms with Gasteiger partial charge >= 0.3 is 0 Å². The highest BCUT2D eigenvalue weighted by Crippen LogP contribution is 2.29. The number of benzene rings is 1. The van der Waals surface area contributed by atoms with Gasteiger partial charge in [0.1, 0.15) is 6.17 Å². The van der Waals surface area contributed by atoms with E-state index in [1.54, 1.807) is 11.0 Å². The summed E-state index contributed by atoms with van der Waals surface area (Å²) in [4.78, 5) is 12.4. The Morgan fingerprint density at radius 3 is 2.30 bits per heavy atom. The second-order valence-corrected chi connectivity index (χ2v) is 4.79. The molecule has 1 aliphatic heterocycles. The lowest BCUT2D eigenvalue weighted by atomic mass is 10.2. The maximum Gasteiger partial charge on any atom is 0.207 e. The average Bonchev–Trinajstić information content (AvgIpc) is 2.40. The molecule has 0 fully saturated rings. The van der Waals surface area contributed by atoms with E-state index in [0.29, 0.717) is 11.6 Å². The van der Waals surface area contributed by atoms with Gasteiger partial charge in [-0.05, 0) is 19.1 Å². The molecule has 1 aliphatic rings. The van der Waals surface area contributed by atoms with Gasteiger partial charge in [-0.15, -0.1) is 0 Å². The summed E-state index contributed by atoms with van der Waals surface area (Å²) in [6.07, 6.45) is -0.184. The first kappa shape index (κ1) is 14.0. The minimum Gasteiger partial charge on any atom is -0.504 e. The third-order valence-corrected chi connectivity index (χ3v) is 2.93. The molecule has 1 unspecified atom stereocenters. The van der Waals surface area contributed by atoms with E-state index in [4.69, 9.17) is 0 Å².